The molecule has 4 nitrogen and oxygen atoms in total. The summed E-state index contributed by atoms with van der Waals surface area (Å²) in [7, 11) is 0. The molecular formula is C16H22FNO3. The van der Waals surface area contributed by atoms with E-state index in [2.05, 4.69) is 5.32 Å². The number of hydrogen-bond donors (Lipinski definition) is 1. The fourth-order valence-electron chi connectivity index (χ4n) is 1.70. The van der Waals surface area contributed by atoms with Crippen LogP contribution in [0.4, 0.5) is 4.39 Å². The summed E-state index contributed by atoms with van der Waals surface area (Å²) >= 11 is 0. The fourth-order valence-corrected chi connectivity index (χ4v) is 1.70. The molecular weight excluding hydrogens is 273 g/mol. The molecule has 0 heterocycles. The number of amides is 1. The SMILES string of the molecule is CCc1cc(F)cc(C(=O)NCCC(=O)OCC(C)C)c1. The molecule has 1 rings (SSSR count). The number of halogens is 1. The number of rotatable bonds is 7. The van der Waals surface area contributed by atoms with E-state index in [1.807, 2.05) is 20.8 Å². The molecule has 0 aromatic heterocycles. The minimum Gasteiger partial charge on any atom is -0.465 e. The summed E-state index contributed by atoms with van der Waals surface area (Å²) < 4.78 is 18.3. The summed E-state index contributed by atoms with van der Waals surface area (Å²) in [5.74, 6) is -0.891. The molecule has 0 saturated carbocycles. The van der Waals surface area contributed by atoms with Crippen molar-refractivity contribution in [1.29, 1.82) is 0 Å². The monoisotopic (exact) mass is 295 g/mol. The summed E-state index contributed by atoms with van der Waals surface area (Å²) in [6, 6.07) is 4.24. The maximum absolute atomic E-state index is 13.3. The summed E-state index contributed by atoms with van der Waals surface area (Å²) in [5, 5.41) is 2.59. The third-order valence-corrected chi connectivity index (χ3v) is 2.82. The molecule has 0 fully saturated rings. The first-order valence-electron chi connectivity index (χ1n) is 7.15. The largest absolute Gasteiger partial charge is 0.465 e. The lowest BCUT2D eigenvalue weighted by atomic mass is 10.1. The normalized spacial score (nSPS) is 10.5. The Bertz CT molecular complexity index is 500. The Hall–Kier alpha value is -1.91. The highest BCUT2D eigenvalue weighted by Crippen LogP contribution is 2.10. The average molecular weight is 295 g/mol. The molecule has 1 amide bonds. The molecule has 0 saturated heterocycles. The van der Waals surface area contributed by atoms with Crippen LogP contribution >= 0.6 is 0 Å². The van der Waals surface area contributed by atoms with E-state index in [0.29, 0.717) is 13.0 Å². The lowest BCUT2D eigenvalue weighted by molar-refractivity contribution is -0.144. The molecule has 21 heavy (non-hydrogen) atoms. The first-order chi connectivity index (χ1) is 9.92. The van der Waals surface area contributed by atoms with Gasteiger partial charge < -0.3 is 10.1 Å². The van der Waals surface area contributed by atoms with Crippen LogP contribution in [0.2, 0.25) is 0 Å². The Kier molecular flexibility index (Phi) is 6.85. The van der Waals surface area contributed by atoms with Crippen molar-refractivity contribution in [2.45, 2.75) is 33.6 Å². The fraction of sp³-hybridized carbons (Fsp3) is 0.500. The molecule has 0 atom stereocenters. The second-order valence-corrected chi connectivity index (χ2v) is 5.28. The Morgan fingerprint density at radius 1 is 1.29 bits per heavy atom. The number of benzene rings is 1. The smallest absolute Gasteiger partial charge is 0.307 e. The van der Waals surface area contributed by atoms with Crippen LogP contribution in [0.25, 0.3) is 0 Å². The van der Waals surface area contributed by atoms with E-state index < -0.39 is 5.82 Å². The quantitative estimate of drug-likeness (QED) is 0.787. The topological polar surface area (TPSA) is 55.4 Å². The number of aryl methyl sites for hydroxylation is 1. The van der Waals surface area contributed by atoms with Gasteiger partial charge in [0.25, 0.3) is 5.91 Å². The molecule has 0 unspecified atom stereocenters. The molecule has 0 spiro atoms. The van der Waals surface area contributed by atoms with Crippen LogP contribution in [0.15, 0.2) is 18.2 Å². The highest BCUT2D eigenvalue weighted by molar-refractivity contribution is 5.94. The van der Waals surface area contributed by atoms with Crippen molar-refractivity contribution >= 4 is 11.9 Å². The van der Waals surface area contributed by atoms with E-state index >= 15 is 0 Å². The van der Waals surface area contributed by atoms with E-state index in [4.69, 9.17) is 4.74 Å². The van der Waals surface area contributed by atoms with Gasteiger partial charge in [-0.3, -0.25) is 9.59 Å². The molecule has 0 bridgehead atoms. The van der Waals surface area contributed by atoms with Gasteiger partial charge in [0.2, 0.25) is 0 Å². The van der Waals surface area contributed by atoms with Gasteiger partial charge in [0.15, 0.2) is 0 Å². The third-order valence-electron chi connectivity index (χ3n) is 2.82. The van der Waals surface area contributed by atoms with Gasteiger partial charge in [-0.2, -0.15) is 0 Å². The third kappa shape index (κ3) is 6.38. The van der Waals surface area contributed by atoms with E-state index in [1.54, 1.807) is 6.07 Å². The van der Waals surface area contributed by atoms with Gasteiger partial charge in [-0.15, -0.1) is 0 Å². The molecule has 0 radical (unpaired) electrons. The maximum atomic E-state index is 13.3. The molecule has 5 heteroatoms. The number of ether oxygens (including phenoxy) is 1. The molecule has 0 aliphatic heterocycles. The minimum atomic E-state index is -0.434. The van der Waals surface area contributed by atoms with E-state index in [9.17, 15) is 14.0 Å². The van der Waals surface area contributed by atoms with E-state index in [-0.39, 0.29) is 36.3 Å². The first-order valence-corrected chi connectivity index (χ1v) is 7.15. The molecule has 0 aliphatic carbocycles. The highest BCUT2D eigenvalue weighted by Gasteiger charge is 2.10. The van der Waals surface area contributed by atoms with Gasteiger partial charge in [-0.05, 0) is 36.1 Å². The zero-order valence-electron chi connectivity index (χ0n) is 12.7. The second kappa shape index (κ2) is 8.39. The number of nitrogens with one attached hydrogen (secondary N) is 1. The predicted molar refractivity (Wildman–Crippen MR) is 78.5 cm³/mol. The van der Waals surface area contributed by atoms with Crippen molar-refractivity contribution in [3.05, 3.63) is 35.1 Å². The van der Waals surface area contributed by atoms with E-state index in [0.717, 1.165) is 5.56 Å². The zero-order chi connectivity index (χ0) is 15.8. The van der Waals surface area contributed by atoms with Gasteiger partial charge >= 0.3 is 5.97 Å². The Balaban J connectivity index is 2.44. The predicted octanol–water partition coefficient (Wildman–Crippen LogP) is 2.71. The van der Waals surface area contributed by atoms with Crippen LogP contribution in [-0.2, 0) is 16.0 Å². The summed E-state index contributed by atoms with van der Waals surface area (Å²) in [5.41, 5.74) is 1.03. The Morgan fingerprint density at radius 2 is 2.00 bits per heavy atom. The standard InChI is InChI=1S/C16H22FNO3/c1-4-12-7-13(9-14(17)8-12)16(20)18-6-5-15(19)21-10-11(2)3/h7-9,11H,4-6,10H2,1-3H3,(H,18,20). The van der Waals surface area contributed by atoms with Crippen LogP contribution in [0.5, 0.6) is 0 Å². The minimum absolute atomic E-state index is 0.106. The van der Waals surface area contributed by atoms with Crippen molar-refractivity contribution in [2.75, 3.05) is 13.2 Å². The van der Waals surface area contributed by atoms with Gasteiger partial charge in [0.05, 0.1) is 13.0 Å². The molecule has 1 N–H and O–H groups in total. The van der Waals surface area contributed by atoms with Crippen LogP contribution in [-0.4, -0.2) is 25.0 Å². The maximum Gasteiger partial charge on any atom is 0.307 e. The lowest BCUT2D eigenvalue weighted by Gasteiger charge is -2.08. The number of hydrogen-bond acceptors (Lipinski definition) is 3. The van der Waals surface area contributed by atoms with Crippen LogP contribution in [0.1, 0.15) is 43.1 Å². The number of carbonyl (C=O) groups is 2. The molecule has 0 aliphatic rings. The van der Waals surface area contributed by atoms with Gasteiger partial charge in [-0.1, -0.05) is 20.8 Å². The second-order valence-electron chi connectivity index (χ2n) is 5.28. The summed E-state index contributed by atoms with van der Waals surface area (Å²) in [4.78, 5) is 23.3. The zero-order valence-corrected chi connectivity index (χ0v) is 12.7. The van der Waals surface area contributed by atoms with Gasteiger partial charge in [0.1, 0.15) is 5.82 Å². The number of carbonyl (C=O) groups excluding carboxylic acids is 2. The van der Waals surface area contributed by atoms with Crippen molar-refractivity contribution in [1.82, 2.24) is 5.32 Å². The lowest BCUT2D eigenvalue weighted by Crippen LogP contribution is -2.27. The van der Waals surface area contributed by atoms with Crippen LogP contribution in [0.3, 0.4) is 0 Å². The summed E-state index contributed by atoms with van der Waals surface area (Å²) in [6.07, 6.45) is 0.758. The van der Waals surface area contributed by atoms with Gasteiger partial charge in [0, 0.05) is 12.1 Å². The first kappa shape index (κ1) is 17.1. The highest BCUT2D eigenvalue weighted by atomic mass is 19.1. The van der Waals surface area contributed by atoms with Gasteiger partial charge in [-0.25, -0.2) is 4.39 Å². The van der Waals surface area contributed by atoms with Crippen LogP contribution < -0.4 is 5.32 Å². The van der Waals surface area contributed by atoms with Crippen molar-refractivity contribution < 1.29 is 18.7 Å². The number of esters is 1. The Morgan fingerprint density at radius 3 is 2.62 bits per heavy atom. The van der Waals surface area contributed by atoms with E-state index in [1.165, 1.54) is 12.1 Å². The Labute approximate surface area is 124 Å². The van der Waals surface area contributed by atoms with Crippen molar-refractivity contribution in [3.63, 3.8) is 0 Å². The van der Waals surface area contributed by atoms with Crippen molar-refractivity contribution in [3.8, 4) is 0 Å². The summed E-state index contributed by atoms with van der Waals surface area (Å²) in [6.45, 7) is 6.33. The molecule has 1 aromatic carbocycles. The van der Waals surface area contributed by atoms with Crippen molar-refractivity contribution in [2.24, 2.45) is 5.92 Å². The molecule has 1 aromatic rings. The average Bonchev–Trinajstić information content (AvgIpc) is 2.44. The van der Waals surface area contributed by atoms with Crippen LogP contribution in [0, 0.1) is 11.7 Å². The molecule has 116 valence electrons.